The molecule has 0 aliphatic carbocycles. The molecule has 0 atom stereocenters. The first kappa shape index (κ1) is 16.8. The van der Waals surface area contributed by atoms with Crippen molar-refractivity contribution in [3.8, 4) is 0 Å². The molecule has 0 spiro atoms. The third-order valence-electron chi connectivity index (χ3n) is 4.01. The minimum absolute atomic E-state index is 0.258. The predicted molar refractivity (Wildman–Crippen MR) is 102 cm³/mol. The van der Waals surface area contributed by atoms with Gasteiger partial charge in [0, 0.05) is 13.6 Å². The van der Waals surface area contributed by atoms with Gasteiger partial charge < -0.3 is 9.64 Å². The lowest BCUT2D eigenvalue weighted by Gasteiger charge is -2.17. The monoisotopic (exact) mass is 331 g/mol. The Bertz CT molecular complexity index is 866. The fraction of sp³-hybridized carbons (Fsp3) is 0.136. The number of carbonyl (C=O) groups is 1. The second-order valence-electron chi connectivity index (χ2n) is 5.88. The molecule has 0 saturated heterocycles. The molecule has 3 rings (SSSR count). The van der Waals surface area contributed by atoms with Crippen molar-refractivity contribution in [2.45, 2.75) is 6.54 Å². The van der Waals surface area contributed by atoms with Crippen LogP contribution in [-0.2, 0) is 11.3 Å². The van der Waals surface area contributed by atoms with Crippen LogP contribution < -0.4 is 0 Å². The number of ether oxygens (including phenoxy) is 1. The third-order valence-corrected chi connectivity index (χ3v) is 4.01. The Labute approximate surface area is 148 Å². The maximum atomic E-state index is 12.2. The molecule has 0 fully saturated rings. The SMILES string of the molecule is CN(Cc1cccc2ccccc12)C(=O)OC/C=C/c1ccccc1. The molecule has 3 aromatic rings. The summed E-state index contributed by atoms with van der Waals surface area (Å²) in [4.78, 5) is 13.8. The number of rotatable bonds is 5. The van der Waals surface area contributed by atoms with Gasteiger partial charge in [-0.2, -0.15) is 0 Å². The highest BCUT2D eigenvalue weighted by Crippen LogP contribution is 2.19. The molecule has 0 N–H and O–H groups in total. The van der Waals surface area contributed by atoms with Gasteiger partial charge in [-0.05, 0) is 28.0 Å². The minimum Gasteiger partial charge on any atom is -0.445 e. The third kappa shape index (κ3) is 4.48. The molecule has 0 bridgehead atoms. The molecule has 126 valence electrons. The van der Waals surface area contributed by atoms with Crippen LogP contribution in [0.15, 0.2) is 78.9 Å². The van der Waals surface area contributed by atoms with E-state index in [0.717, 1.165) is 16.5 Å². The van der Waals surface area contributed by atoms with Gasteiger partial charge in [0.25, 0.3) is 0 Å². The Morgan fingerprint density at radius 3 is 2.52 bits per heavy atom. The topological polar surface area (TPSA) is 29.5 Å². The van der Waals surface area contributed by atoms with Gasteiger partial charge in [0.2, 0.25) is 0 Å². The molecule has 3 heteroatoms. The number of hydrogen-bond acceptors (Lipinski definition) is 2. The zero-order valence-electron chi connectivity index (χ0n) is 14.3. The smallest absolute Gasteiger partial charge is 0.410 e. The van der Waals surface area contributed by atoms with Crippen LogP contribution in [0.3, 0.4) is 0 Å². The maximum Gasteiger partial charge on any atom is 0.410 e. The summed E-state index contributed by atoms with van der Waals surface area (Å²) in [5.74, 6) is 0. The summed E-state index contributed by atoms with van der Waals surface area (Å²) < 4.78 is 5.31. The molecule has 0 heterocycles. The van der Waals surface area contributed by atoms with Gasteiger partial charge in [-0.25, -0.2) is 4.79 Å². The summed E-state index contributed by atoms with van der Waals surface area (Å²) in [5.41, 5.74) is 2.19. The molecule has 3 nitrogen and oxygen atoms in total. The molecule has 1 amide bonds. The predicted octanol–water partition coefficient (Wildman–Crippen LogP) is 5.12. The van der Waals surface area contributed by atoms with Gasteiger partial charge in [0.05, 0.1) is 0 Å². The summed E-state index contributed by atoms with van der Waals surface area (Å²) in [6, 6.07) is 24.2. The highest BCUT2D eigenvalue weighted by Gasteiger charge is 2.11. The number of carbonyl (C=O) groups excluding carboxylic acids is 1. The number of nitrogens with zero attached hydrogens (tertiary/aromatic N) is 1. The van der Waals surface area contributed by atoms with E-state index in [2.05, 4.69) is 18.2 Å². The molecule has 3 aromatic carbocycles. The zero-order chi connectivity index (χ0) is 17.5. The van der Waals surface area contributed by atoms with E-state index in [4.69, 9.17) is 4.74 Å². The largest absolute Gasteiger partial charge is 0.445 e. The minimum atomic E-state index is -0.328. The van der Waals surface area contributed by atoms with Crippen molar-refractivity contribution in [2.24, 2.45) is 0 Å². The van der Waals surface area contributed by atoms with Gasteiger partial charge in [-0.15, -0.1) is 0 Å². The lowest BCUT2D eigenvalue weighted by Crippen LogP contribution is -2.27. The van der Waals surface area contributed by atoms with Crippen molar-refractivity contribution in [1.29, 1.82) is 0 Å². The van der Waals surface area contributed by atoms with E-state index >= 15 is 0 Å². The van der Waals surface area contributed by atoms with E-state index in [-0.39, 0.29) is 12.7 Å². The van der Waals surface area contributed by atoms with Crippen LogP contribution in [0.2, 0.25) is 0 Å². The van der Waals surface area contributed by atoms with E-state index in [1.54, 1.807) is 11.9 Å². The van der Waals surface area contributed by atoms with Gasteiger partial charge in [-0.1, -0.05) is 78.9 Å². The van der Waals surface area contributed by atoms with Gasteiger partial charge in [-0.3, -0.25) is 0 Å². The number of amides is 1. The Hall–Kier alpha value is -3.07. The Morgan fingerprint density at radius 1 is 0.960 bits per heavy atom. The quantitative estimate of drug-likeness (QED) is 0.649. The summed E-state index contributed by atoms with van der Waals surface area (Å²) in [7, 11) is 1.75. The summed E-state index contributed by atoms with van der Waals surface area (Å²) in [6.45, 7) is 0.774. The van der Waals surface area contributed by atoms with Crippen LogP contribution in [0, 0.1) is 0 Å². The van der Waals surface area contributed by atoms with E-state index in [0.29, 0.717) is 6.54 Å². The fourth-order valence-electron chi connectivity index (χ4n) is 2.73. The molecule has 0 aromatic heterocycles. The molecule has 0 aliphatic heterocycles. The first-order valence-electron chi connectivity index (χ1n) is 8.30. The molecular formula is C22H21NO2. The summed E-state index contributed by atoms with van der Waals surface area (Å²) >= 11 is 0. The molecular weight excluding hydrogens is 310 g/mol. The summed E-state index contributed by atoms with van der Waals surface area (Å²) in [6.07, 6.45) is 3.46. The lowest BCUT2D eigenvalue weighted by molar-refractivity contribution is 0.120. The maximum absolute atomic E-state index is 12.2. The standard InChI is InChI=1S/C22H21NO2/c1-23(17-20-14-7-13-19-12-5-6-15-21(19)20)22(24)25-16-8-11-18-9-3-2-4-10-18/h2-15H,16-17H2,1H3/b11-8+. The van der Waals surface area contributed by atoms with Crippen molar-refractivity contribution in [3.63, 3.8) is 0 Å². The Balaban J connectivity index is 1.56. The van der Waals surface area contributed by atoms with Gasteiger partial charge in [0.15, 0.2) is 0 Å². The molecule has 0 aliphatic rings. The second-order valence-corrected chi connectivity index (χ2v) is 5.88. The highest BCUT2D eigenvalue weighted by molar-refractivity contribution is 5.85. The van der Waals surface area contributed by atoms with Crippen LogP contribution in [0.5, 0.6) is 0 Å². The molecule has 0 unspecified atom stereocenters. The van der Waals surface area contributed by atoms with Crippen molar-refractivity contribution in [1.82, 2.24) is 4.90 Å². The Kier molecular flexibility index (Phi) is 5.47. The molecule has 0 saturated carbocycles. The van der Waals surface area contributed by atoms with E-state index < -0.39 is 0 Å². The first-order chi connectivity index (χ1) is 12.2. The second kappa shape index (κ2) is 8.15. The van der Waals surface area contributed by atoms with Crippen LogP contribution in [-0.4, -0.2) is 24.6 Å². The van der Waals surface area contributed by atoms with Crippen molar-refractivity contribution in [3.05, 3.63) is 90.0 Å². The summed E-state index contributed by atoms with van der Waals surface area (Å²) in [5, 5.41) is 2.33. The number of hydrogen-bond donors (Lipinski definition) is 0. The van der Waals surface area contributed by atoms with Gasteiger partial charge >= 0.3 is 6.09 Å². The first-order valence-corrected chi connectivity index (χ1v) is 8.30. The van der Waals surface area contributed by atoms with Crippen LogP contribution in [0.25, 0.3) is 16.8 Å². The average molecular weight is 331 g/mol. The lowest BCUT2D eigenvalue weighted by atomic mass is 10.0. The zero-order valence-corrected chi connectivity index (χ0v) is 14.3. The van der Waals surface area contributed by atoms with E-state index in [1.807, 2.05) is 66.7 Å². The van der Waals surface area contributed by atoms with Crippen LogP contribution >= 0.6 is 0 Å². The average Bonchev–Trinajstić information content (AvgIpc) is 2.66. The highest BCUT2D eigenvalue weighted by atomic mass is 16.6. The fourth-order valence-corrected chi connectivity index (χ4v) is 2.73. The van der Waals surface area contributed by atoms with Gasteiger partial charge in [0.1, 0.15) is 6.61 Å². The number of benzene rings is 3. The molecule has 0 radical (unpaired) electrons. The van der Waals surface area contributed by atoms with E-state index in [1.165, 1.54) is 5.39 Å². The normalized spacial score (nSPS) is 10.9. The number of fused-ring (bicyclic) bond motifs is 1. The van der Waals surface area contributed by atoms with Crippen LogP contribution in [0.4, 0.5) is 4.79 Å². The van der Waals surface area contributed by atoms with Crippen molar-refractivity contribution < 1.29 is 9.53 Å². The van der Waals surface area contributed by atoms with Crippen molar-refractivity contribution in [2.75, 3.05) is 13.7 Å². The van der Waals surface area contributed by atoms with E-state index in [9.17, 15) is 4.79 Å². The molecule has 25 heavy (non-hydrogen) atoms. The Morgan fingerprint density at radius 2 is 1.68 bits per heavy atom. The van der Waals surface area contributed by atoms with Crippen LogP contribution in [0.1, 0.15) is 11.1 Å². The van der Waals surface area contributed by atoms with Crippen molar-refractivity contribution >= 4 is 22.9 Å².